The zero-order valence-corrected chi connectivity index (χ0v) is 15.0. The maximum Gasteiger partial charge on any atom is 0.178 e. The van der Waals surface area contributed by atoms with Crippen LogP contribution in [0.25, 0.3) is 56.0 Å². The third-order valence-corrected chi connectivity index (χ3v) is 4.83. The largest absolute Gasteiger partial charge is 0.335 e. The van der Waals surface area contributed by atoms with Crippen LogP contribution in [-0.2, 0) is 0 Å². The number of rotatable bonds is 3. The third kappa shape index (κ3) is 2.48. The van der Waals surface area contributed by atoms with Crippen molar-refractivity contribution in [2.75, 3.05) is 0 Å². The Morgan fingerprint density at radius 2 is 1.93 bits per heavy atom. The zero-order valence-electron chi connectivity index (χ0n) is 15.0. The number of pyridine rings is 3. The van der Waals surface area contributed by atoms with E-state index in [4.69, 9.17) is 0 Å². The van der Waals surface area contributed by atoms with Crippen LogP contribution in [0.15, 0.2) is 61.4 Å². The molecule has 9 nitrogen and oxygen atoms in total. The summed E-state index contributed by atoms with van der Waals surface area (Å²) in [6, 6.07) is 7.84. The number of hydrogen-bond acceptors (Lipinski definition) is 6. The van der Waals surface area contributed by atoms with Gasteiger partial charge in [0.05, 0.1) is 29.1 Å². The van der Waals surface area contributed by atoms with Crippen molar-refractivity contribution in [2.24, 2.45) is 0 Å². The second kappa shape index (κ2) is 6.06. The fourth-order valence-electron chi connectivity index (χ4n) is 3.43. The SMILES string of the molecule is c1cncc(-c2ccnc3nc(-c4n[nH]c5cnc(-c6cn[nH]c6)cc45)[nH]c23)c1. The minimum absolute atomic E-state index is 0.626. The van der Waals surface area contributed by atoms with Gasteiger partial charge in [0, 0.05) is 46.9 Å². The molecule has 6 rings (SSSR count). The van der Waals surface area contributed by atoms with Crippen molar-refractivity contribution in [3.8, 4) is 33.9 Å². The average Bonchev–Trinajstić information content (AvgIpc) is 3.52. The molecule has 0 saturated heterocycles. The van der Waals surface area contributed by atoms with Gasteiger partial charge in [-0.15, -0.1) is 0 Å². The summed E-state index contributed by atoms with van der Waals surface area (Å²) in [5.41, 5.74) is 6.70. The highest BCUT2D eigenvalue weighted by atomic mass is 15.1. The van der Waals surface area contributed by atoms with Crippen LogP contribution in [0, 0.1) is 0 Å². The molecule has 0 spiro atoms. The molecule has 0 amide bonds. The van der Waals surface area contributed by atoms with E-state index in [0.29, 0.717) is 17.2 Å². The number of nitrogens with one attached hydrogen (secondary N) is 3. The number of aromatic nitrogens is 9. The molecule has 0 aliphatic rings. The van der Waals surface area contributed by atoms with Crippen LogP contribution in [-0.4, -0.2) is 45.3 Å². The number of fused-ring (bicyclic) bond motifs is 2. The highest BCUT2D eigenvalue weighted by molar-refractivity contribution is 5.96. The molecular formula is C20H13N9. The van der Waals surface area contributed by atoms with Crippen LogP contribution < -0.4 is 0 Å². The minimum atomic E-state index is 0.626. The first-order valence-corrected chi connectivity index (χ1v) is 8.95. The maximum atomic E-state index is 4.68. The molecular weight excluding hydrogens is 366 g/mol. The molecule has 29 heavy (non-hydrogen) atoms. The quantitative estimate of drug-likeness (QED) is 0.433. The van der Waals surface area contributed by atoms with E-state index < -0.39 is 0 Å². The van der Waals surface area contributed by atoms with E-state index in [9.17, 15) is 0 Å². The lowest BCUT2D eigenvalue weighted by Gasteiger charge is -2.01. The lowest BCUT2D eigenvalue weighted by molar-refractivity contribution is 1.09. The third-order valence-electron chi connectivity index (χ3n) is 4.83. The van der Waals surface area contributed by atoms with Gasteiger partial charge in [0.25, 0.3) is 0 Å². The summed E-state index contributed by atoms with van der Waals surface area (Å²) in [5.74, 6) is 0.638. The van der Waals surface area contributed by atoms with E-state index in [1.165, 1.54) is 0 Å². The average molecular weight is 379 g/mol. The van der Waals surface area contributed by atoms with Gasteiger partial charge in [-0.2, -0.15) is 10.2 Å². The number of hydrogen-bond donors (Lipinski definition) is 3. The van der Waals surface area contributed by atoms with Crippen LogP contribution in [0.1, 0.15) is 0 Å². The van der Waals surface area contributed by atoms with E-state index in [1.807, 2.05) is 30.5 Å². The molecule has 0 aromatic carbocycles. The van der Waals surface area contributed by atoms with Crippen molar-refractivity contribution < 1.29 is 0 Å². The van der Waals surface area contributed by atoms with Gasteiger partial charge in [0.15, 0.2) is 11.5 Å². The van der Waals surface area contributed by atoms with Crippen LogP contribution >= 0.6 is 0 Å². The normalized spacial score (nSPS) is 11.4. The predicted octanol–water partition coefficient (Wildman–Crippen LogP) is 3.35. The van der Waals surface area contributed by atoms with E-state index in [1.54, 1.807) is 31.0 Å². The fourth-order valence-corrected chi connectivity index (χ4v) is 3.43. The van der Waals surface area contributed by atoms with Gasteiger partial charge in [-0.1, -0.05) is 6.07 Å². The first-order chi connectivity index (χ1) is 14.4. The van der Waals surface area contributed by atoms with Crippen molar-refractivity contribution in [2.45, 2.75) is 0 Å². The summed E-state index contributed by atoms with van der Waals surface area (Å²) in [6.45, 7) is 0. The van der Waals surface area contributed by atoms with Crippen LogP contribution in [0.4, 0.5) is 0 Å². The second-order valence-electron chi connectivity index (χ2n) is 6.56. The highest BCUT2D eigenvalue weighted by Gasteiger charge is 2.16. The molecule has 6 aromatic rings. The molecule has 0 unspecified atom stereocenters. The number of imidazole rings is 1. The molecule has 9 heteroatoms. The monoisotopic (exact) mass is 379 g/mol. The topological polar surface area (TPSA) is 125 Å². The van der Waals surface area contributed by atoms with Crippen LogP contribution in [0.5, 0.6) is 0 Å². The number of aromatic amines is 3. The Morgan fingerprint density at radius 3 is 2.79 bits per heavy atom. The molecule has 0 bridgehead atoms. The van der Waals surface area contributed by atoms with Crippen molar-refractivity contribution in [3.05, 3.63) is 61.4 Å². The summed E-state index contributed by atoms with van der Waals surface area (Å²) < 4.78 is 0. The number of H-pyrrole nitrogens is 3. The molecule has 0 fully saturated rings. The fraction of sp³-hybridized carbons (Fsp3) is 0. The molecule has 6 heterocycles. The summed E-state index contributed by atoms with van der Waals surface area (Å²) in [5, 5.41) is 15.2. The Balaban J connectivity index is 1.54. The molecule has 0 saturated carbocycles. The lowest BCUT2D eigenvalue weighted by Crippen LogP contribution is -1.84. The first kappa shape index (κ1) is 15.6. The Hall–Kier alpha value is -4.40. The van der Waals surface area contributed by atoms with Gasteiger partial charge >= 0.3 is 0 Å². The Labute approximate surface area is 163 Å². The molecule has 0 aliphatic carbocycles. The second-order valence-corrected chi connectivity index (χ2v) is 6.56. The lowest BCUT2D eigenvalue weighted by atomic mass is 10.1. The van der Waals surface area contributed by atoms with Crippen LogP contribution in [0.2, 0.25) is 0 Å². The van der Waals surface area contributed by atoms with Gasteiger partial charge in [-0.3, -0.25) is 20.2 Å². The van der Waals surface area contributed by atoms with Crippen molar-refractivity contribution in [3.63, 3.8) is 0 Å². The Morgan fingerprint density at radius 1 is 0.931 bits per heavy atom. The highest BCUT2D eigenvalue weighted by Crippen LogP contribution is 2.31. The van der Waals surface area contributed by atoms with E-state index in [2.05, 4.69) is 45.3 Å². The summed E-state index contributed by atoms with van der Waals surface area (Å²) >= 11 is 0. The van der Waals surface area contributed by atoms with Crippen molar-refractivity contribution >= 4 is 22.1 Å². The van der Waals surface area contributed by atoms with Gasteiger partial charge in [-0.05, 0) is 18.2 Å². The van der Waals surface area contributed by atoms with Gasteiger partial charge in [0.2, 0.25) is 0 Å². The van der Waals surface area contributed by atoms with E-state index in [0.717, 1.165) is 38.8 Å². The maximum absolute atomic E-state index is 4.68. The molecule has 0 radical (unpaired) electrons. The Kier molecular flexibility index (Phi) is 3.27. The van der Waals surface area contributed by atoms with Gasteiger partial charge in [-0.25, -0.2) is 9.97 Å². The first-order valence-electron chi connectivity index (χ1n) is 8.95. The van der Waals surface area contributed by atoms with Gasteiger partial charge < -0.3 is 4.98 Å². The van der Waals surface area contributed by atoms with Crippen LogP contribution in [0.3, 0.4) is 0 Å². The molecule has 3 N–H and O–H groups in total. The summed E-state index contributed by atoms with van der Waals surface area (Å²) in [7, 11) is 0. The summed E-state index contributed by atoms with van der Waals surface area (Å²) in [4.78, 5) is 21.2. The molecule has 6 aromatic heterocycles. The Bertz CT molecular complexity index is 1450. The molecule has 138 valence electrons. The zero-order chi connectivity index (χ0) is 19.2. The van der Waals surface area contributed by atoms with E-state index >= 15 is 0 Å². The minimum Gasteiger partial charge on any atom is -0.335 e. The van der Waals surface area contributed by atoms with E-state index in [-0.39, 0.29) is 0 Å². The molecule has 0 atom stereocenters. The standard InChI is InChI=1S/C20H13N9/c1-2-11(7-21-4-1)13-3-5-22-19-17(13)26-20(27-19)18-14-6-15(12-8-24-25-9-12)23-10-16(14)28-29-18/h1-10H,(H,24,25)(H,28,29)(H,22,26,27). The van der Waals surface area contributed by atoms with Crippen molar-refractivity contribution in [1.82, 2.24) is 45.3 Å². The number of nitrogens with zero attached hydrogens (tertiary/aromatic N) is 6. The summed E-state index contributed by atoms with van der Waals surface area (Å²) in [6.07, 6.45) is 10.6. The molecule has 0 aliphatic heterocycles. The van der Waals surface area contributed by atoms with Gasteiger partial charge in [0.1, 0.15) is 5.69 Å². The smallest absolute Gasteiger partial charge is 0.178 e. The predicted molar refractivity (Wildman–Crippen MR) is 108 cm³/mol. The van der Waals surface area contributed by atoms with Crippen molar-refractivity contribution in [1.29, 1.82) is 0 Å².